The SMILES string of the molecule is COC1=CC([Se]C)c2ccc3c4c(ccc1c24)C([Se]C)C=C3OC. The van der Waals surface area contributed by atoms with Crippen LogP contribution in [0.4, 0.5) is 0 Å². The molecule has 0 N–H and O–H groups in total. The van der Waals surface area contributed by atoms with Crippen LogP contribution in [0, 0.1) is 0 Å². The summed E-state index contributed by atoms with van der Waals surface area (Å²) in [6.45, 7) is 0. The molecule has 0 aromatic heterocycles. The molecule has 2 aromatic rings. The van der Waals surface area contributed by atoms with E-state index in [-0.39, 0.29) is 0 Å². The molecular formula is C20H20O2Se2. The van der Waals surface area contributed by atoms with Crippen LogP contribution in [0.5, 0.6) is 0 Å². The van der Waals surface area contributed by atoms with E-state index in [2.05, 4.69) is 48.1 Å². The van der Waals surface area contributed by atoms with Crippen molar-refractivity contribution in [1.29, 1.82) is 0 Å². The first-order valence-electron chi connectivity index (χ1n) is 7.91. The molecule has 0 fully saturated rings. The number of hydrogen-bond acceptors (Lipinski definition) is 2. The van der Waals surface area contributed by atoms with Gasteiger partial charge in [0.15, 0.2) is 0 Å². The van der Waals surface area contributed by atoms with Crippen molar-refractivity contribution in [3.8, 4) is 0 Å². The van der Waals surface area contributed by atoms with Gasteiger partial charge in [-0.25, -0.2) is 0 Å². The molecule has 2 nitrogen and oxygen atoms in total. The Labute approximate surface area is 155 Å². The topological polar surface area (TPSA) is 18.5 Å². The van der Waals surface area contributed by atoms with Gasteiger partial charge in [-0.3, -0.25) is 0 Å². The zero-order valence-electron chi connectivity index (χ0n) is 14.3. The number of rotatable bonds is 4. The Kier molecular flexibility index (Phi) is 4.26. The first-order valence-corrected chi connectivity index (χ1v) is 13.3. The number of benzene rings is 2. The van der Waals surface area contributed by atoms with Crippen molar-refractivity contribution in [1.82, 2.24) is 0 Å². The predicted molar refractivity (Wildman–Crippen MR) is 103 cm³/mol. The van der Waals surface area contributed by atoms with Crippen molar-refractivity contribution in [2.24, 2.45) is 0 Å². The van der Waals surface area contributed by atoms with Gasteiger partial charge in [-0.05, 0) is 0 Å². The van der Waals surface area contributed by atoms with Gasteiger partial charge in [0.05, 0.1) is 0 Å². The Bertz CT molecular complexity index is 810. The maximum absolute atomic E-state index is 5.74. The van der Waals surface area contributed by atoms with E-state index >= 15 is 0 Å². The molecule has 0 amide bonds. The molecule has 2 unspecified atom stereocenters. The van der Waals surface area contributed by atoms with Gasteiger partial charge in [-0.1, -0.05) is 0 Å². The van der Waals surface area contributed by atoms with Gasteiger partial charge >= 0.3 is 156 Å². The summed E-state index contributed by atoms with van der Waals surface area (Å²) < 4.78 is 11.5. The summed E-state index contributed by atoms with van der Waals surface area (Å²) in [7, 11) is 3.56. The fourth-order valence-electron chi connectivity index (χ4n) is 3.81. The summed E-state index contributed by atoms with van der Waals surface area (Å²) in [6.07, 6.45) is 4.60. The van der Waals surface area contributed by atoms with Crippen LogP contribution >= 0.6 is 0 Å². The van der Waals surface area contributed by atoms with Crippen LogP contribution in [-0.2, 0) is 9.47 Å². The van der Waals surface area contributed by atoms with E-state index in [9.17, 15) is 0 Å². The van der Waals surface area contributed by atoms with Gasteiger partial charge < -0.3 is 0 Å². The Morgan fingerprint density at radius 3 is 1.46 bits per heavy atom. The maximum atomic E-state index is 5.74. The van der Waals surface area contributed by atoms with Crippen molar-refractivity contribution in [3.63, 3.8) is 0 Å². The van der Waals surface area contributed by atoms with Crippen LogP contribution in [0.3, 0.4) is 0 Å². The fraction of sp³-hybridized carbons (Fsp3) is 0.300. The Morgan fingerprint density at radius 2 is 1.12 bits per heavy atom. The zero-order chi connectivity index (χ0) is 16.8. The van der Waals surface area contributed by atoms with Gasteiger partial charge in [0.1, 0.15) is 0 Å². The fourth-order valence-corrected chi connectivity index (χ4v) is 6.79. The molecule has 0 spiro atoms. The molecule has 24 heavy (non-hydrogen) atoms. The predicted octanol–water partition coefficient (Wildman–Crippen LogP) is 4.43. The Balaban J connectivity index is 2.12. The standard InChI is InChI=1S/C20H20O2Se2/c1-21-15-9-17(23-3)13-8-6-12-16(22-2)10-18(24-4)14-7-5-11(15)19(13)20(12)14/h5-10,17-18H,1-4H3. The van der Waals surface area contributed by atoms with Crippen LogP contribution in [0.15, 0.2) is 36.4 Å². The van der Waals surface area contributed by atoms with Crippen molar-refractivity contribution in [2.45, 2.75) is 21.3 Å². The number of hydrogen-bond donors (Lipinski definition) is 0. The first kappa shape index (κ1) is 16.3. The molecule has 0 bridgehead atoms. The third-order valence-electron chi connectivity index (χ3n) is 4.92. The second-order valence-corrected chi connectivity index (χ2v) is 10.0. The van der Waals surface area contributed by atoms with E-state index in [0.717, 1.165) is 11.5 Å². The summed E-state index contributed by atoms with van der Waals surface area (Å²) in [4.78, 5) is 0.957. The Hall–Kier alpha value is -1.18. The van der Waals surface area contributed by atoms with Crippen molar-refractivity contribution in [3.05, 3.63) is 58.7 Å². The molecule has 0 heterocycles. The Morgan fingerprint density at radius 1 is 0.708 bits per heavy atom. The van der Waals surface area contributed by atoms with E-state index < -0.39 is 0 Å². The van der Waals surface area contributed by atoms with Crippen molar-refractivity contribution in [2.75, 3.05) is 14.2 Å². The molecule has 4 rings (SSSR count). The summed E-state index contributed by atoms with van der Waals surface area (Å²) in [5.41, 5.74) is 5.36. The summed E-state index contributed by atoms with van der Waals surface area (Å²) in [5.74, 6) is 6.65. The number of ether oxygens (including phenoxy) is 2. The van der Waals surface area contributed by atoms with Gasteiger partial charge in [0, 0.05) is 0 Å². The monoisotopic (exact) mass is 452 g/mol. The van der Waals surface area contributed by atoms with Gasteiger partial charge in [0.2, 0.25) is 0 Å². The molecule has 2 aliphatic rings. The van der Waals surface area contributed by atoms with E-state index in [4.69, 9.17) is 9.47 Å². The van der Waals surface area contributed by atoms with E-state index in [1.807, 2.05) is 0 Å². The van der Waals surface area contributed by atoms with Crippen LogP contribution in [0.1, 0.15) is 31.9 Å². The molecule has 4 heteroatoms. The third-order valence-corrected chi connectivity index (χ3v) is 8.69. The average molecular weight is 450 g/mol. The normalized spacial score (nSPS) is 21.3. The molecule has 2 atom stereocenters. The van der Waals surface area contributed by atoms with Gasteiger partial charge in [0.25, 0.3) is 0 Å². The second-order valence-electron chi connectivity index (χ2n) is 5.94. The molecule has 2 aromatic carbocycles. The molecule has 0 saturated heterocycles. The molecule has 0 saturated carbocycles. The van der Waals surface area contributed by atoms with Crippen LogP contribution in [0.25, 0.3) is 22.3 Å². The van der Waals surface area contributed by atoms with Crippen molar-refractivity contribution >= 4 is 52.2 Å². The van der Waals surface area contributed by atoms with E-state index in [1.165, 1.54) is 33.0 Å². The quantitative estimate of drug-likeness (QED) is 0.642. The second kappa shape index (κ2) is 6.28. The van der Waals surface area contributed by atoms with E-state index in [1.54, 1.807) is 14.2 Å². The number of methoxy groups -OCH3 is 2. The third kappa shape index (κ3) is 2.21. The first-order chi connectivity index (χ1) is 11.7. The number of allylic oxidation sites excluding steroid dienone is 2. The summed E-state index contributed by atoms with van der Waals surface area (Å²) in [6, 6.07) is 9.11. The minimum absolute atomic E-state index is 0.478. The van der Waals surface area contributed by atoms with Gasteiger partial charge in [-0.15, -0.1) is 0 Å². The zero-order valence-corrected chi connectivity index (χ0v) is 17.7. The molecule has 2 aliphatic carbocycles. The van der Waals surface area contributed by atoms with Crippen LogP contribution in [-0.4, -0.2) is 44.1 Å². The van der Waals surface area contributed by atoms with Crippen molar-refractivity contribution < 1.29 is 9.47 Å². The summed E-state index contributed by atoms with van der Waals surface area (Å²) in [5, 5.41) is 2.77. The van der Waals surface area contributed by atoms with E-state index in [0.29, 0.717) is 39.5 Å². The minimum atomic E-state index is 0.478. The average Bonchev–Trinajstić information content (AvgIpc) is 2.64. The molecule has 124 valence electrons. The molecule has 0 radical (unpaired) electrons. The summed E-state index contributed by atoms with van der Waals surface area (Å²) >= 11 is 1.01. The molecule has 0 aliphatic heterocycles. The van der Waals surface area contributed by atoms with Crippen LogP contribution < -0.4 is 0 Å². The van der Waals surface area contributed by atoms with Gasteiger partial charge in [-0.2, -0.15) is 0 Å². The molecular weight excluding hydrogens is 430 g/mol. The van der Waals surface area contributed by atoms with Crippen LogP contribution in [0.2, 0.25) is 11.6 Å².